The molecule has 26 heavy (non-hydrogen) atoms. The van der Waals surface area contributed by atoms with Crippen LogP contribution in [0.4, 0.5) is 13.2 Å². The zero-order chi connectivity index (χ0) is 19.8. The van der Waals surface area contributed by atoms with E-state index in [0.29, 0.717) is 0 Å². The smallest absolute Gasteiger partial charge is 0.421 e. The molecule has 1 saturated heterocycles. The highest BCUT2D eigenvalue weighted by molar-refractivity contribution is 7.90. The molecule has 1 amide bonds. The van der Waals surface area contributed by atoms with Crippen LogP contribution < -0.4 is 10.1 Å². The lowest BCUT2D eigenvalue weighted by Gasteiger charge is -2.28. The van der Waals surface area contributed by atoms with Gasteiger partial charge in [-0.2, -0.15) is 13.2 Å². The summed E-state index contributed by atoms with van der Waals surface area (Å²) < 4.78 is 69.2. The van der Waals surface area contributed by atoms with E-state index in [1.807, 2.05) is 0 Å². The Bertz CT molecular complexity index is 781. The van der Waals surface area contributed by atoms with Gasteiger partial charge in [0.2, 0.25) is 21.8 Å². The van der Waals surface area contributed by atoms with Gasteiger partial charge in [-0.05, 0) is 32.4 Å². The Labute approximate surface area is 149 Å². The maximum Gasteiger partial charge on any atom is 0.421 e. The zero-order valence-corrected chi connectivity index (χ0v) is 15.3. The summed E-state index contributed by atoms with van der Waals surface area (Å²) in [5, 5.41) is 1.31. The van der Waals surface area contributed by atoms with Gasteiger partial charge in [-0.3, -0.25) is 4.79 Å². The number of alkyl halides is 3. The Balaban J connectivity index is 2.05. The monoisotopic (exact) mass is 395 g/mol. The van der Waals surface area contributed by atoms with E-state index in [4.69, 9.17) is 4.74 Å². The molecular formula is C15H20F3N3O4S. The van der Waals surface area contributed by atoms with E-state index in [1.54, 1.807) is 0 Å². The van der Waals surface area contributed by atoms with Crippen LogP contribution in [0.1, 0.15) is 25.8 Å². The van der Waals surface area contributed by atoms with Crippen molar-refractivity contribution in [3.8, 4) is 5.88 Å². The van der Waals surface area contributed by atoms with Gasteiger partial charge in [0, 0.05) is 19.8 Å². The Morgan fingerprint density at radius 1 is 1.42 bits per heavy atom. The fourth-order valence-corrected chi connectivity index (χ4v) is 4.01. The molecule has 0 bridgehead atoms. The molecule has 1 atom stereocenters. The molecule has 0 unspecified atom stereocenters. The third kappa shape index (κ3) is 4.44. The van der Waals surface area contributed by atoms with Crippen molar-refractivity contribution in [2.75, 3.05) is 20.2 Å². The molecule has 2 rings (SSSR count). The van der Waals surface area contributed by atoms with Crippen LogP contribution in [0.15, 0.2) is 18.3 Å². The van der Waals surface area contributed by atoms with Crippen LogP contribution in [0, 0.1) is 0 Å². The lowest BCUT2D eigenvalue weighted by atomic mass is 10.1. The first kappa shape index (κ1) is 20.4. The van der Waals surface area contributed by atoms with E-state index in [-0.39, 0.29) is 19.6 Å². The number of carbonyl (C=O) groups excluding carboxylic acids is 1. The molecule has 0 aromatic carbocycles. The maximum atomic E-state index is 12.9. The van der Waals surface area contributed by atoms with Crippen molar-refractivity contribution in [2.24, 2.45) is 0 Å². The Morgan fingerprint density at radius 2 is 2.08 bits per heavy atom. The van der Waals surface area contributed by atoms with Crippen LogP contribution in [0.3, 0.4) is 0 Å². The number of sulfonamides is 1. The number of nitrogens with zero attached hydrogens (tertiary/aromatic N) is 2. The van der Waals surface area contributed by atoms with Gasteiger partial charge >= 0.3 is 6.18 Å². The lowest BCUT2D eigenvalue weighted by Crippen LogP contribution is -2.52. The summed E-state index contributed by atoms with van der Waals surface area (Å²) in [6.07, 6.45) is -3.31. The molecule has 11 heteroatoms. The van der Waals surface area contributed by atoms with E-state index < -0.39 is 44.3 Å². The van der Waals surface area contributed by atoms with Gasteiger partial charge in [0.15, 0.2) is 5.25 Å². The first-order valence-electron chi connectivity index (χ1n) is 7.77. The van der Waals surface area contributed by atoms with E-state index in [9.17, 15) is 26.4 Å². The molecule has 146 valence electrons. The van der Waals surface area contributed by atoms with Crippen LogP contribution in [-0.4, -0.2) is 54.6 Å². The van der Waals surface area contributed by atoms with Crippen LogP contribution in [-0.2, 0) is 21.0 Å². The highest BCUT2D eigenvalue weighted by Crippen LogP contribution is 2.34. The zero-order valence-electron chi connectivity index (χ0n) is 14.5. The number of aromatic nitrogens is 1. The molecule has 1 aromatic heterocycles. The molecule has 1 aliphatic rings. The van der Waals surface area contributed by atoms with Crippen LogP contribution in [0.25, 0.3) is 0 Å². The highest BCUT2D eigenvalue weighted by atomic mass is 32.2. The van der Waals surface area contributed by atoms with Crippen LogP contribution >= 0.6 is 0 Å². The Hall–Kier alpha value is -1.88. The predicted octanol–water partition coefficient (Wildman–Crippen LogP) is 1.41. The number of pyridine rings is 1. The van der Waals surface area contributed by atoms with Crippen molar-refractivity contribution in [3.63, 3.8) is 0 Å². The first-order chi connectivity index (χ1) is 11.8. The number of amides is 1. The second kappa shape index (κ2) is 7.03. The minimum absolute atomic E-state index is 0.153. The summed E-state index contributed by atoms with van der Waals surface area (Å²) >= 11 is 0. The van der Waals surface area contributed by atoms with Crippen molar-refractivity contribution in [2.45, 2.75) is 37.2 Å². The largest absolute Gasteiger partial charge is 0.475 e. The summed E-state index contributed by atoms with van der Waals surface area (Å²) in [4.78, 5) is 15.9. The van der Waals surface area contributed by atoms with Gasteiger partial charge in [-0.15, -0.1) is 0 Å². The number of carbonyl (C=O) groups is 1. The molecule has 7 nitrogen and oxygen atoms in total. The topological polar surface area (TPSA) is 88.6 Å². The van der Waals surface area contributed by atoms with Gasteiger partial charge < -0.3 is 10.1 Å². The molecule has 0 spiro atoms. The van der Waals surface area contributed by atoms with E-state index in [1.165, 1.54) is 20.9 Å². The van der Waals surface area contributed by atoms with E-state index in [2.05, 4.69) is 10.3 Å². The predicted molar refractivity (Wildman–Crippen MR) is 86.9 cm³/mol. The third-order valence-electron chi connectivity index (χ3n) is 3.90. The molecule has 1 fully saturated rings. The average molecular weight is 395 g/mol. The SMILES string of the molecule is CN1CC[C@@H](C(=O)NC(C)(C)COc2ncccc2C(F)(F)F)S1(=O)=O. The molecule has 2 heterocycles. The van der Waals surface area contributed by atoms with E-state index in [0.717, 1.165) is 22.6 Å². The number of hydrogen-bond donors (Lipinski definition) is 1. The normalized spacial score (nSPS) is 20.8. The van der Waals surface area contributed by atoms with Gasteiger partial charge in [-0.25, -0.2) is 17.7 Å². The fourth-order valence-electron chi connectivity index (χ4n) is 2.48. The van der Waals surface area contributed by atoms with E-state index >= 15 is 0 Å². The average Bonchev–Trinajstić information content (AvgIpc) is 2.78. The number of nitrogens with one attached hydrogen (secondary N) is 1. The quantitative estimate of drug-likeness (QED) is 0.814. The Kier molecular flexibility index (Phi) is 5.52. The minimum Gasteiger partial charge on any atom is -0.475 e. The number of hydrogen-bond acceptors (Lipinski definition) is 5. The van der Waals surface area contributed by atoms with Crippen LogP contribution in [0.5, 0.6) is 5.88 Å². The van der Waals surface area contributed by atoms with Crippen LogP contribution in [0.2, 0.25) is 0 Å². The van der Waals surface area contributed by atoms with Crippen molar-refractivity contribution < 1.29 is 31.1 Å². The molecule has 0 radical (unpaired) electrons. The molecular weight excluding hydrogens is 375 g/mol. The fraction of sp³-hybridized carbons (Fsp3) is 0.600. The van der Waals surface area contributed by atoms with Crippen molar-refractivity contribution in [3.05, 3.63) is 23.9 Å². The minimum atomic E-state index is -4.63. The number of rotatable bonds is 5. The van der Waals surface area contributed by atoms with Gasteiger partial charge in [-0.1, -0.05) is 0 Å². The summed E-state index contributed by atoms with van der Waals surface area (Å²) in [7, 11) is -2.33. The summed E-state index contributed by atoms with van der Waals surface area (Å²) in [6, 6.07) is 1.99. The van der Waals surface area contributed by atoms with Gasteiger partial charge in [0.05, 0.1) is 5.54 Å². The van der Waals surface area contributed by atoms with Crippen molar-refractivity contribution in [1.82, 2.24) is 14.6 Å². The third-order valence-corrected chi connectivity index (χ3v) is 6.12. The highest BCUT2D eigenvalue weighted by Gasteiger charge is 2.43. The van der Waals surface area contributed by atoms with Crippen molar-refractivity contribution in [1.29, 1.82) is 0 Å². The van der Waals surface area contributed by atoms with Crippen molar-refractivity contribution >= 4 is 15.9 Å². The maximum absolute atomic E-state index is 12.9. The number of halogens is 3. The molecule has 1 aliphatic heterocycles. The van der Waals surface area contributed by atoms with Gasteiger partial charge in [0.25, 0.3) is 0 Å². The molecule has 0 aliphatic carbocycles. The first-order valence-corrected chi connectivity index (χ1v) is 9.27. The molecule has 1 aromatic rings. The standard InChI is InChI=1S/C15H20F3N3O4S/c1-14(2,20-12(22)11-6-8-21(3)26(11,23)24)9-25-13-10(15(16,17)18)5-4-7-19-13/h4-5,7,11H,6,8-9H2,1-3H3,(H,20,22)/t11-/m0/s1. The van der Waals surface area contributed by atoms with Gasteiger partial charge in [0.1, 0.15) is 12.2 Å². The summed E-state index contributed by atoms with van der Waals surface area (Å²) in [6.45, 7) is 2.96. The summed E-state index contributed by atoms with van der Waals surface area (Å²) in [5.74, 6) is -1.31. The molecule has 1 N–H and O–H groups in total. The Morgan fingerprint density at radius 3 is 2.62 bits per heavy atom. The lowest BCUT2D eigenvalue weighted by molar-refractivity contribution is -0.139. The second-order valence-corrected chi connectivity index (χ2v) is 8.88. The number of ether oxygens (including phenoxy) is 1. The second-order valence-electron chi connectivity index (χ2n) is 6.66. The summed E-state index contributed by atoms with van der Waals surface area (Å²) in [5.41, 5.74) is -2.13. The molecule has 0 saturated carbocycles.